The van der Waals surface area contributed by atoms with Crippen molar-refractivity contribution in [3.63, 3.8) is 0 Å². The van der Waals surface area contributed by atoms with Crippen LogP contribution in [0.15, 0.2) is 23.0 Å². The summed E-state index contributed by atoms with van der Waals surface area (Å²) < 4.78 is 0. The van der Waals surface area contributed by atoms with E-state index in [4.69, 9.17) is 5.73 Å². The number of aliphatic hydroxyl groups is 3. The van der Waals surface area contributed by atoms with Crippen molar-refractivity contribution in [2.75, 3.05) is 51.5 Å². The van der Waals surface area contributed by atoms with Crippen LogP contribution in [-0.4, -0.2) is 113 Å². The van der Waals surface area contributed by atoms with Crippen molar-refractivity contribution in [3.05, 3.63) is 34.1 Å². The highest BCUT2D eigenvalue weighted by Gasteiger charge is 2.64. The third-order valence-corrected chi connectivity index (χ3v) is 9.50. The van der Waals surface area contributed by atoms with E-state index in [9.17, 15) is 39.6 Å². The van der Waals surface area contributed by atoms with Gasteiger partial charge in [-0.2, -0.15) is 0 Å². The van der Waals surface area contributed by atoms with Gasteiger partial charge in [-0.15, -0.1) is 24.8 Å². The number of hydrogen-bond donors (Lipinski definition) is 6. The molecule has 2 fully saturated rings. The Bertz CT molecular complexity index is 1500. The van der Waals surface area contributed by atoms with E-state index in [1.54, 1.807) is 46.1 Å². The van der Waals surface area contributed by atoms with Crippen molar-refractivity contribution in [2.24, 2.45) is 17.6 Å². The molecule has 1 aliphatic heterocycles. The fourth-order valence-electron chi connectivity index (χ4n) is 7.32. The molecule has 5 atom stereocenters. The van der Waals surface area contributed by atoms with Crippen LogP contribution in [-0.2, 0) is 25.6 Å². The number of anilines is 2. The van der Waals surface area contributed by atoms with Crippen LogP contribution in [0.1, 0.15) is 37.3 Å². The smallest absolute Gasteiger partial charge is 0.255 e. The second kappa shape index (κ2) is 12.8. The minimum atomic E-state index is -2.72. The molecule has 1 saturated heterocycles. The number of aliphatic hydroxyl groups excluding tert-OH is 2. The quantitative estimate of drug-likeness (QED) is 0.189. The SMILES string of the molecule is CC(C(=O)Nc1cc(N(C)C)c2c(c1O)C(O)=C1C(=O)[C@]3(O)C(O)=C(C(N)=O)C(=O)[C@@H](N(C)C)C3CC1C2)N1CCCC1.Cl.Cl. The number of primary amides is 1. The number of phenolic OH excluding ortho intramolecular Hbond substituents is 1. The number of likely N-dealkylation sites (N-methyl/N-ethyl adjacent to an activating group) is 1. The van der Waals surface area contributed by atoms with Crippen molar-refractivity contribution in [3.8, 4) is 5.75 Å². The van der Waals surface area contributed by atoms with Crippen LogP contribution >= 0.6 is 24.8 Å². The molecule has 2 amide bonds. The molecule has 5 rings (SSSR count). The molecule has 4 aliphatic rings. The molecule has 1 saturated carbocycles. The van der Waals surface area contributed by atoms with Gasteiger partial charge in [-0.1, -0.05) is 0 Å². The zero-order chi connectivity index (χ0) is 31.7. The Kier molecular flexibility index (Phi) is 10.3. The van der Waals surface area contributed by atoms with Gasteiger partial charge in [0.25, 0.3) is 5.91 Å². The van der Waals surface area contributed by atoms with Crippen molar-refractivity contribution < 1.29 is 39.6 Å². The zero-order valence-electron chi connectivity index (χ0n) is 25.8. The average Bonchev–Trinajstić information content (AvgIpc) is 3.46. The number of ketones is 2. The van der Waals surface area contributed by atoms with Gasteiger partial charge in [-0.3, -0.25) is 29.0 Å². The average molecular weight is 671 g/mol. The summed E-state index contributed by atoms with van der Waals surface area (Å²) in [4.78, 5) is 58.0. The zero-order valence-corrected chi connectivity index (χ0v) is 27.4. The number of nitrogens with zero attached hydrogens (tertiary/aromatic N) is 3. The predicted octanol–water partition coefficient (Wildman–Crippen LogP) is 1.30. The summed E-state index contributed by atoms with van der Waals surface area (Å²) in [5.74, 6) is -7.58. The Hall–Kier alpha value is -3.36. The fraction of sp³-hybridized carbons (Fsp3) is 0.533. The van der Waals surface area contributed by atoms with Crippen LogP contribution in [0, 0.1) is 11.8 Å². The maximum Gasteiger partial charge on any atom is 0.255 e. The van der Waals surface area contributed by atoms with Crippen LogP contribution in [0.5, 0.6) is 5.75 Å². The number of hydrogen-bond acceptors (Lipinski definition) is 11. The third-order valence-electron chi connectivity index (χ3n) is 9.50. The van der Waals surface area contributed by atoms with Gasteiger partial charge in [0.15, 0.2) is 11.4 Å². The molecular formula is C30H41Cl2N5O8. The summed E-state index contributed by atoms with van der Waals surface area (Å²) in [6.45, 7) is 3.35. The number of amides is 2. The van der Waals surface area contributed by atoms with Gasteiger partial charge in [0, 0.05) is 31.3 Å². The molecule has 0 aromatic heterocycles. The largest absolute Gasteiger partial charge is 0.508 e. The second-order valence-corrected chi connectivity index (χ2v) is 12.4. The molecule has 0 radical (unpaired) electrons. The number of nitrogens with two attached hydrogens (primary N) is 1. The van der Waals surface area contributed by atoms with Crippen LogP contribution in [0.25, 0.3) is 5.76 Å². The molecule has 3 unspecified atom stereocenters. The number of aromatic hydroxyl groups is 1. The number of carbonyl (C=O) groups excluding carboxylic acids is 4. The number of rotatable bonds is 6. The minimum Gasteiger partial charge on any atom is -0.508 e. The van der Waals surface area contributed by atoms with Crippen molar-refractivity contribution in [2.45, 2.75) is 50.3 Å². The minimum absolute atomic E-state index is 0. The first-order chi connectivity index (χ1) is 20.1. The molecule has 3 aliphatic carbocycles. The first-order valence-corrected chi connectivity index (χ1v) is 14.4. The van der Waals surface area contributed by atoms with Crippen molar-refractivity contribution in [1.82, 2.24) is 9.80 Å². The topological polar surface area (TPSA) is 197 Å². The summed E-state index contributed by atoms with van der Waals surface area (Å²) in [6, 6.07) is -0.00643. The van der Waals surface area contributed by atoms with Crippen LogP contribution in [0.4, 0.5) is 11.4 Å². The monoisotopic (exact) mass is 669 g/mol. The van der Waals surface area contributed by atoms with Crippen LogP contribution in [0.2, 0.25) is 0 Å². The molecule has 15 heteroatoms. The summed E-state index contributed by atoms with van der Waals surface area (Å²) in [6.07, 6.45) is 2.12. The highest BCUT2D eigenvalue weighted by Crippen LogP contribution is 2.54. The van der Waals surface area contributed by atoms with Gasteiger partial charge in [0.1, 0.15) is 22.8 Å². The molecule has 0 spiro atoms. The number of fused-ring (bicyclic) bond motifs is 3. The molecule has 248 valence electrons. The van der Waals surface area contributed by atoms with Gasteiger partial charge in [-0.05, 0) is 77.3 Å². The molecule has 1 aromatic rings. The number of carbonyl (C=O) groups is 4. The first kappa shape index (κ1) is 36.1. The van der Waals surface area contributed by atoms with E-state index >= 15 is 0 Å². The number of Topliss-reactive ketones (excluding diaryl/α,β-unsaturated/α-hetero) is 2. The summed E-state index contributed by atoms with van der Waals surface area (Å²) in [7, 11) is 6.64. The number of phenols is 1. The van der Waals surface area contributed by atoms with Gasteiger partial charge in [0.05, 0.1) is 23.3 Å². The van der Waals surface area contributed by atoms with E-state index in [1.807, 2.05) is 4.90 Å². The van der Waals surface area contributed by atoms with Crippen molar-refractivity contribution >= 4 is 65.3 Å². The predicted molar refractivity (Wildman–Crippen MR) is 172 cm³/mol. The van der Waals surface area contributed by atoms with E-state index in [2.05, 4.69) is 5.32 Å². The van der Waals surface area contributed by atoms with Gasteiger partial charge in [0.2, 0.25) is 11.7 Å². The Labute approximate surface area is 273 Å². The lowest BCUT2D eigenvalue weighted by molar-refractivity contribution is -0.153. The lowest BCUT2D eigenvalue weighted by atomic mass is 9.57. The van der Waals surface area contributed by atoms with Crippen LogP contribution < -0.4 is 16.0 Å². The maximum absolute atomic E-state index is 14.1. The lowest BCUT2D eigenvalue weighted by Gasteiger charge is -2.50. The highest BCUT2D eigenvalue weighted by molar-refractivity contribution is 6.24. The third kappa shape index (κ3) is 5.44. The summed E-state index contributed by atoms with van der Waals surface area (Å²) >= 11 is 0. The Morgan fingerprint density at radius 1 is 1.09 bits per heavy atom. The summed E-state index contributed by atoms with van der Waals surface area (Å²) in [5, 5.41) is 48.6. The number of likely N-dealkylation sites (tertiary alicyclic amines) is 1. The number of halogens is 2. The fourth-order valence-corrected chi connectivity index (χ4v) is 7.32. The molecule has 7 N–H and O–H groups in total. The van der Waals surface area contributed by atoms with Gasteiger partial charge >= 0.3 is 0 Å². The Balaban J connectivity index is 0.00000276. The maximum atomic E-state index is 14.1. The molecule has 1 aromatic carbocycles. The van der Waals surface area contributed by atoms with E-state index in [0.717, 1.165) is 25.9 Å². The van der Waals surface area contributed by atoms with Gasteiger partial charge in [-0.25, -0.2) is 0 Å². The molecular weight excluding hydrogens is 629 g/mol. The molecule has 1 heterocycles. The van der Waals surface area contributed by atoms with E-state index in [0.29, 0.717) is 11.3 Å². The number of nitrogens with one attached hydrogen (secondary N) is 1. The normalized spacial score (nSPS) is 26.8. The van der Waals surface area contributed by atoms with E-state index in [1.165, 1.54) is 4.90 Å². The molecule has 0 bridgehead atoms. The molecule has 13 nitrogen and oxygen atoms in total. The highest BCUT2D eigenvalue weighted by atomic mass is 35.5. The first-order valence-electron chi connectivity index (χ1n) is 14.4. The lowest BCUT2D eigenvalue weighted by Crippen LogP contribution is -2.65. The van der Waals surface area contributed by atoms with E-state index in [-0.39, 0.29) is 60.4 Å². The van der Waals surface area contributed by atoms with Gasteiger partial charge < -0.3 is 36.4 Å². The summed E-state index contributed by atoms with van der Waals surface area (Å²) in [5.41, 5.74) is 2.61. The Morgan fingerprint density at radius 2 is 1.69 bits per heavy atom. The van der Waals surface area contributed by atoms with Crippen molar-refractivity contribution in [1.29, 1.82) is 0 Å². The standard InChI is InChI=1S/C30H39N5O8.2ClH/c1-13(35-8-6-7-9-35)29(42)32-17-12-18(33(2)3)15-10-14-11-16-22(34(4)5)25(38)21(28(31)41)27(40)30(16,43)26(39)19(14)24(37)20(15)23(17)36;;/h12-14,16,22,36-37,40,43H,6-11H2,1-5H3,(H2,31,41)(H,32,42);2*1H/t13?,14?,16?,22-,30-;;/m0../s1. The number of benzene rings is 1. The Morgan fingerprint density at radius 3 is 2.22 bits per heavy atom. The van der Waals surface area contributed by atoms with E-state index < -0.39 is 69.8 Å². The second-order valence-electron chi connectivity index (χ2n) is 12.4. The van der Waals surface area contributed by atoms with Crippen LogP contribution in [0.3, 0.4) is 0 Å². The molecule has 45 heavy (non-hydrogen) atoms.